The fraction of sp³-hybridized carbons (Fsp3) is 0.0769. The number of benzene rings is 1. The summed E-state index contributed by atoms with van der Waals surface area (Å²) in [5.41, 5.74) is 1.39. The molecule has 3 rings (SSSR count). The maximum atomic E-state index is 2.24. The van der Waals surface area contributed by atoms with Crippen molar-refractivity contribution in [1.82, 2.24) is 0 Å². The van der Waals surface area contributed by atoms with E-state index in [1.54, 1.807) is 0 Å². The molecule has 0 fully saturated rings. The Morgan fingerprint density at radius 2 is 1.86 bits per heavy atom. The Morgan fingerprint density at radius 3 is 2.86 bits per heavy atom. The van der Waals surface area contributed by atoms with Crippen LogP contribution in [0.2, 0.25) is 0 Å². The Bertz CT molecular complexity index is 529. The Hall–Kier alpha value is -1.34. The van der Waals surface area contributed by atoms with E-state index in [1.807, 2.05) is 11.3 Å². The van der Waals surface area contributed by atoms with Crippen LogP contribution >= 0.6 is 11.3 Å². The molecule has 1 heterocycles. The van der Waals surface area contributed by atoms with E-state index in [9.17, 15) is 0 Å². The van der Waals surface area contributed by atoms with Gasteiger partial charge in [0, 0.05) is 15.0 Å². The van der Waals surface area contributed by atoms with Gasteiger partial charge >= 0.3 is 0 Å². The quantitative estimate of drug-likeness (QED) is 0.591. The van der Waals surface area contributed by atoms with Crippen molar-refractivity contribution in [3.8, 4) is 0 Å². The lowest BCUT2D eigenvalue weighted by Gasteiger charge is -1.91. The van der Waals surface area contributed by atoms with Gasteiger partial charge in [0.25, 0.3) is 0 Å². The summed E-state index contributed by atoms with van der Waals surface area (Å²) in [6.45, 7) is 0. The van der Waals surface area contributed by atoms with Crippen LogP contribution in [-0.4, -0.2) is 0 Å². The van der Waals surface area contributed by atoms with Crippen LogP contribution in [0, 0.1) is 0 Å². The van der Waals surface area contributed by atoms with Crippen LogP contribution in [0.1, 0.15) is 16.9 Å². The molecule has 0 aliphatic heterocycles. The molecule has 0 saturated carbocycles. The highest BCUT2D eigenvalue weighted by atomic mass is 32.1. The average Bonchev–Trinajstić information content (AvgIpc) is 2.42. The molecule has 0 bridgehead atoms. The normalized spacial score (nSPS) is 14.3. The third-order valence-electron chi connectivity index (χ3n) is 2.49. The maximum absolute atomic E-state index is 2.24. The Balaban J connectivity index is 2.41. The number of thiophene rings is 1. The van der Waals surface area contributed by atoms with Gasteiger partial charge in [-0.3, -0.25) is 0 Å². The highest BCUT2D eigenvalue weighted by molar-refractivity contribution is 7.20. The van der Waals surface area contributed by atoms with Gasteiger partial charge in [-0.25, -0.2) is 0 Å². The number of hydrogen-bond acceptors (Lipinski definition) is 1. The van der Waals surface area contributed by atoms with Gasteiger partial charge in [-0.05, 0) is 24.1 Å². The average molecular weight is 198 g/mol. The molecule has 0 spiro atoms. The van der Waals surface area contributed by atoms with Crippen molar-refractivity contribution in [3.63, 3.8) is 0 Å². The van der Waals surface area contributed by atoms with E-state index in [-0.39, 0.29) is 0 Å². The molecule has 1 aliphatic carbocycles. The summed E-state index contributed by atoms with van der Waals surface area (Å²) in [4.78, 5) is 1.39. The first-order chi connectivity index (χ1) is 6.95. The highest BCUT2D eigenvalue weighted by Gasteiger charge is 2.07. The lowest BCUT2D eigenvalue weighted by molar-refractivity contribution is 1.44. The minimum absolute atomic E-state index is 1.05. The van der Waals surface area contributed by atoms with E-state index < -0.39 is 0 Å². The van der Waals surface area contributed by atoms with Gasteiger partial charge in [0.1, 0.15) is 0 Å². The molecule has 1 aromatic heterocycles. The first kappa shape index (κ1) is 8.01. The van der Waals surface area contributed by atoms with Crippen molar-refractivity contribution in [2.24, 2.45) is 0 Å². The molecule has 1 aliphatic rings. The Morgan fingerprint density at radius 1 is 1.00 bits per heavy atom. The Kier molecular flexibility index (Phi) is 1.78. The molecule has 0 nitrogen and oxygen atoms in total. The van der Waals surface area contributed by atoms with E-state index in [4.69, 9.17) is 0 Å². The minimum atomic E-state index is 1.05. The molecular formula is C13H10S. The van der Waals surface area contributed by atoms with E-state index in [0.717, 1.165) is 6.42 Å². The molecule has 0 radical (unpaired) electrons. The zero-order valence-electron chi connectivity index (χ0n) is 7.73. The number of fused-ring (bicyclic) bond motifs is 3. The van der Waals surface area contributed by atoms with Gasteiger partial charge < -0.3 is 0 Å². The molecule has 14 heavy (non-hydrogen) atoms. The predicted molar refractivity (Wildman–Crippen MR) is 64.5 cm³/mol. The molecule has 1 heteroatoms. The zero-order valence-corrected chi connectivity index (χ0v) is 8.55. The van der Waals surface area contributed by atoms with Crippen LogP contribution in [0.5, 0.6) is 0 Å². The second-order valence-electron chi connectivity index (χ2n) is 3.42. The first-order valence-corrected chi connectivity index (χ1v) is 5.61. The minimum Gasteiger partial charge on any atom is -0.135 e. The summed E-state index contributed by atoms with van der Waals surface area (Å²) in [7, 11) is 0. The highest BCUT2D eigenvalue weighted by Crippen LogP contribution is 2.34. The third-order valence-corrected chi connectivity index (χ3v) is 3.64. The topological polar surface area (TPSA) is 0 Å². The van der Waals surface area contributed by atoms with E-state index >= 15 is 0 Å². The van der Waals surface area contributed by atoms with Gasteiger partial charge in [-0.2, -0.15) is 0 Å². The molecule has 0 amide bonds. The summed E-state index contributed by atoms with van der Waals surface area (Å²) in [6.07, 6.45) is 9.98. The van der Waals surface area contributed by atoms with Crippen LogP contribution < -0.4 is 0 Å². The maximum Gasteiger partial charge on any atom is 0.0355 e. The van der Waals surface area contributed by atoms with Gasteiger partial charge in [-0.1, -0.05) is 36.4 Å². The van der Waals surface area contributed by atoms with E-state index in [2.05, 4.69) is 48.6 Å². The van der Waals surface area contributed by atoms with E-state index in [1.165, 1.54) is 20.5 Å². The number of allylic oxidation sites excluding steroid dienone is 2. The molecule has 0 saturated heterocycles. The van der Waals surface area contributed by atoms with Crippen molar-refractivity contribution in [1.29, 1.82) is 0 Å². The van der Waals surface area contributed by atoms with Crippen molar-refractivity contribution >= 4 is 33.6 Å². The molecular weight excluding hydrogens is 188 g/mol. The zero-order chi connectivity index (χ0) is 9.38. The lowest BCUT2D eigenvalue weighted by Crippen LogP contribution is -1.69. The fourth-order valence-corrected chi connectivity index (χ4v) is 2.94. The van der Waals surface area contributed by atoms with Gasteiger partial charge in [-0.15, -0.1) is 11.3 Å². The van der Waals surface area contributed by atoms with Crippen molar-refractivity contribution < 1.29 is 0 Å². The second-order valence-corrected chi connectivity index (χ2v) is 4.50. The summed E-state index contributed by atoms with van der Waals surface area (Å²) >= 11 is 1.87. The van der Waals surface area contributed by atoms with Crippen LogP contribution in [0.3, 0.4) is 0 Å². The standard InChI is InChI=1S/C13H10S/c1-2-6-10-11-7-4-5-9-13(11)14-12(10)8-3-1/h2-9H,1H2. The van der Waals surface area contributed by atoms with Gasteiger partial charge in [0.2, 0.25) is 0 Å². The molecule has 0 atom stereocenters. The van der Waals surface area contributed by atoms with Crippen LogP contribution in [-0.2, 0) is 0 Å². The number of hydrogen-bond donors (Lipinski definition) is 0. The Labute approximate surface area is 87.2 Å². The third kappa shape index (κ3) is 1.13. The molecule has 68 valence electrons. The van der Waals surface area contributed by atoms with Crippen molar-refractivity contribution in [2.45, 2.75) is 6.42 Å². The SMILES string of the molecule is C1=Cc2sc3ccccc3c2C=CC1. The largest absolute Gasteiger partial charge is 0.135 e. The van der Waals surface area contributed by atoms with Crippen LogP contribution in [0.15, 0.2) is 36.4 Å². The molecule has 1 aromatic carbocycles. The lowest BCUT2D eigenvalue weighted by atomic mass is 10.1. The number of rotatable bonds is 0. The van der Waals surface area contributed by atoms with Crippen molar-refractivity contribution in [2.75, 3.05) is 0 Å². The van der Waals surface area contributed by atoms with Crippen LogP contribution in [0.25, 0.3) is 22.2 Å². The molecule has 0 unspecified atom stereocenters. The molecule has 2 aromatic rings. The molecule has 0 N–H and O–H groups in total. The fourth-order valence-electron chi connectivity index (χ4n) is 1.82. The van der Waals surface area contributed by atoms with Crippen LogP contribution in [0.4, 0.5) is 0 Å². The first-order valence-electron chi connectivity index (χ1n) is 4.80. The predicted octanol–water partition coefficient (Wildman–Crippen LogP) is 4.33. The monoisotopic (exact) mass is 198 g/mol. The van der Waals surface area contributed by atoms with Crippen molar-refractivity contribution in [3.05, 3.63) is 46.9 Å². The summed E-state index contributed by atoms with van der Waals surface area (Å²) in [6, 6.07) is 8.60. The summed E-state index contributed by atoms with van der Waals surface area (Å²) < 4.78 is 1.38. The van der Waals surface area contributed by atoms with Gasteiger partial charge in [0.05, 0.1) is 0 Å². The van der Waals surface area contributed by atoms with E-state index in [0.29, 0.717) is 0 Å². The smallest absolute Gasteiger partial charge is 0.0355 e. The van der Waals surface area contributed by atoms with Gasteiger partial charge in [0.15, 0.2) is 0 Å². The summed E-state index contributed by atoms with van der Waals surface area (Å²) in [5, 5.41) is 1.38. The second kappa shape index (κ2) is 3.10. The summed E-state index contributed by atoms with van der Waals surface area (Å²) in [5.74, 6) is 0.